The van der Waals surface area contributed by atoms with Crippen LogP contribution in [0.2, 0.25) is 0 Å². The predicted octanol–water partition coefficient (Wildman–Crippen LogP) is 4.55. The number of methoxy groups -OCH3 is 1. The highest BCUT2D eigenvalue weighted by molar-refractivity contribution is 5.42. The first kappa shape index (κ1) is 18.4. The summed E-state index contributed by atoms with van der Waals surface area (Å²) in [5, 5.41) is 4.10. The van der Waals surface area contributed by atoms with Gasteiger partial charge in [0.1, 0.15) is 11.5 Å². The fraction of sp³-hybridized carbons (Fsp3) is 0.417. The zero-order chi connectivity index (χ0) is 20.0. The van der Waals surface area contributed by atoms with Crippen molar-refractivity contribution in [3.63, 3.8) is 0 Å². The second-order valence-electron chi connectivity index (χ2n) is 8.29. The summed E-state index contributed by atoms with van der Waals surface area (Å²) >= 11 is 0. The zero-order valence-corrected chi connectivity index (χ0v) is 17.3. The smallest absolute Gasteiger partial charge is 0.137 e. The van der Waals surface area contributed by atoms with E-state index in [1.165, 1.54) is 35.2 Å². The minimum atomic E-state index is 0.491. The van der Waals surface area contributed by atoms with Crippen molar-refractivity contribution in [2.45, 2.75) is 58.2 Å². The molecule has 0 spiro atoms. The third-order valence-corrected chi connectivity index (χ3v) is 6.61. The number of hydrogen-bond donors (Lipinski definition) is 0. The Labute approximate surface area is 171 Å². The Bertz CT molecular complexity index is 1020. The summed E-state index contributed by atoms with van der Waals surface area (Å²) in [6.45, 7) is 4.93. The summed E-state index contributed by atoms with van der Waals surface area (Å²) in [5.74, 6) is 1.80. The number of pyridine rings is 1. The third kappa shape index (κ3) is 3.23. The molecule has 4 heterocycles. The van der Waals surface area contributed by atoms with E-state index in [-0.39, 0.29) is 0 Å². The Morgan fingerprint density at radius 1 is 1.21 bits per heavy atom. The molecule has 1 saturated heterocycles. The molecule has 2 unspecified atom stereocenters. The van der Waals surface area contributed by atoms with Crippen LogP contribution in [0.1, 0.15) is 58.3 Å². The molecule has 1 fully saturated rings. The van der Waals surface area contributed by atoms with Gasteiger partial charge in [-0.3, -0.25) is 9.88 Å². The molecule has 1 aromatic carbocycles. The molecular weight excluding hydrogens is 362 g/mol. The van der Waals surface area contributed by atoms with Gasteiger partial charge in [-0.1, -0.05) is 23.4 Å². The van der Waals surface area contributed by atoms with Crippen LogP contribution in [0.4, 0.5) is 0 Å². The first-order chi connectivity index (χ1) is 14.1. The van der Waals surface area contributed by atoms with Crippen molar-refractivity contribution >= 4 is 0 Å². The van der Waals surface area contributed by atoms with Crippen LogP contribution in [0.25, 0.3) is 0 Å². The quantitative estimate of drug-likeness (QED) is 0.641. The van der Waals surface area contributed by atoms with Gasteiger partial charge in [-0.05, 0) is 55.5 Å². The molecule has 2 bridgehead atoms. The number of rotatable bonds is 5. The summed E-state index contributed by atoms with van der Waals surface area (Å²) < 4.78 is 11.0. The van der Waals surface area contributed by atoms with Gasteiger partial charge in [0.25, 0.3) is 0 Å². The van der Waals surface area contributed by atoms with Crippen molar-refractivity contribution in [3.8, 4) is 5.75 Å². The highest BCUT2D eigenvalue weighted by Gasteiger charge is 2.40. The normalized spacial score (nSPS) is 20.7. The van der Waals surface area contributed by atoms with E-state index in [1.807, 2.05) is 20.0 Å². The Morgan fingerprint density at radius 2 is 2.10 bits per heavy atom. The Hall–Kier alpha value is -2.66. The zero-order valence-electron chi connectivity index (χ0n) is 17.3. The summed E-state index contributed by atoms with van der Waals surface area (Å²) in [6.07, 6.45) is 6.25. The van der Waals surface area contributed by atoms with Crippen LogP contribution in [0, 0.1) is 13.8 Å². The van der Waals surface area contributed by atoms with E-state index in [2.05, 4.69) is 45.4 Å². The Balaban J connectivity index is 1.43. The minimum Gasteiger partial charge on any atom is -0.496 e. The highest BCUT2D eigenvalue weighted by atomic mass is 16.5. The van der Waals surface area contributed by atoms with Gasteiger partial charge < -0.3 is 9.26 Å². The molecule has 150 valence electrons. The average Bonchev–Trinajstić information content (AvgIpc) is 3.19. The number of ether oxygens (including phenoxy) is 1. The molecule has 0 radical (unpaired) electrons. The van der Waals surface area contributed by atoms with E-state index in [1.54, 1.807) is 7.11 Å². The minimum absolute atomic E-state index is 0.491. The van der Waals surface area contributed by atoms with Gasteiger partial charge in [0.05, 0.1) is 12.8 Å². The lowest BCUT2D eigenvalue weighted by molar-refractivity contribution is 0.166. The van der Waals surface area contributed by atoms with Gasteiger partial charge in [-0.25, -0.2) is 0 Å². The highest BCUT2D eigenvalue weighted by Crippen LogP contribution is 2.43. The van der Waals surface area contributed by atoms with Crippen LogP contribution >= 0.6 is 0 Å². The third-order valence-electron chi connectivity index (χ3n) is 6.61. The largest absolute Gasteiger partial charge is 0.496 e. The van der Waals surface area contributed by atoms with Crippen molar-refractivity contribution < 1.29 is 9.26 Å². The van der Waals surface area contributed by atoms with Crippen molar-refractivity contribution in [2.24, 2.45) is 0 Å². The van der Waals surface area contributed by atoms with E-state index in [0.29, 0.717) is 12.1 Å². The van der Waals surface area contributed by atoms with Gasteiger partial charge in [0.2, 0.25) is 0 Å². The lowest BCUT2D eigenvalue weighted by Crippen LogP contribution is -2.37. The van der Waals surface area contributed by atoms with Gasteiger partial charge in [0.15, 0.2) is 0 Å². The summed E-state index contributed by atoms with van der Waals surface area (Å²) in [6, 6.07) is 12.0. The Kier molecular flexibility index (Phi) is 4.63. The predicted molar refractivity (Wildman–Crippen MR) is 111 cm³/mol. The second kappa shape index (κ2) is 7.30. The lowest BCUT2D eigenvalue weighted by Gasteiger charge is -2.35. The molecule has 5 nitrogen and oxygen atoms in total. The number of aryl methyl sites for hydroxylation is 2. The van der Waals surface area contributed by atoms with E-state index in [0.717, 1.165) is 42.2 Å². The van der Waals surface area contributed by atoms with Crippen molar-refractivity contribution in [1.82, 2.24) is 15.0 Å². The molecule has 0 amide bonds. The Morgan fingerprint density at radius 3 is 2.90 bits per heavy atom. The van der Waals surface area contributed by atoms with Crippen molar-refractivity contribution in [1.29, 1.82) is 0 Å². The molecule has 0 saturated carbocycles. The molecule has 0 N–H and O–H groups in total. The number of benzene rings is 1. The van der Waals surface area contributed by atoms with Crippen LogP contribution in [0.3, 0.4) is 0 Å². The van der Waals surface area contributed by atoms with Crippen LogP contribution in [-0.2, 0) is 19.4 Å². The standard InChI is InChI=1S/C24H27N3O2/c1-15-21(16(2)29-26-15)12-18-11-17(6-9-24(18)28-3)14-27-19-7-8-23(27)20-5-4-10-25-22(20)13-19/h4-6,9-11,19,23H,7-8,12-14H2,1-3H3. The molecule has 5 rings (SSSR count). The van der Waals surface area contributed by atoms with E-state index in [4.69, 9.17) is 9.26 Å². The summed E-state index contributed by atoms with van der Waals surface area (Å²) in [5.41, 5.74) is 7.34. The number of hydrogen-bond acceptors (Lipinski definition) is 5. The average molecular weight is 389 g/mol. The summed E-state index contributed by atoms with van der Waals surface area (Å²) in [4.78, 5) is 7.31. The molecule has 29 heavy (non-hydrogen) atoms. The number of fused-ring (bicyclic) bond motifs is 4. The SMILES string of the molecule is COc1ccc(CN2C3CCC2c2cccnc2C3)cc1Cc1c(C)noc1C. The molecule has 2 atom stereocenters. The topological polar surface area (TPSA) is 51.4 Å². The number of nitrogens with zero attached hydrogens (tertiary/aromatic N) is 3. The summed E-state index contributed by atoms with van der Waals surface area (Å²) in [7, 11) is 1.74. The second-order valence-corrected chi connectivity index (χ2v) is 8.29. The van der Waals surface area contributed by atoms with Crippen molar-refractivity contribution in [3.05, 3.63) is 75.9 Å². The van der Waals surface area contributed by atoms with Gasteiger partial charge in [-0.15, -0.1) is 0 Å². The first-order valence-corrected chi connectivity index (χ1v) is 10.4. The molecular formula is C24H27N3O2. The monoisotopic (exact) mass is 389 g/mol. The maximum absolute atomic E-state index is 5.65. The molecule has 2 aliphatic heterocycles. The number of aromatic nitrogens is 2. The van der Waals surface area contributed by atoms with Gasteiger partial charge in [-0.2, -0.15) is 0 Å². The molecule has 2 aromatic heterocycles. The molecule has 5 heteroatoms. The van der Waals surface area contributed by atoms with E-state index >= 15 is 0 Å². The van der Waals surface area contributed by atoms with Gasteiger partial charge in [0, 0.05) is 48.9 Å². The molecule has 0 aliphatic carbocycles. The van der Waals surface area contributed by atoms with Crippen molar-refractivity contribution in [2.75, 3.05) is 7.11 Å². The van der Waals surface area contributed by atoms with Crippen LogP contribution in [-0.4, -0.2) is 28.2 Å². The fourth-order valence-corrected chi connectivity index (χ4v) is 5.10. The van der Waals surface area contributed by atoms with E-state index in [9.17, 15) is 0 Å². The molecule has 2 aliphatic rings. The first-order valence-electron chi connectivity index (χ1n) is 10.4. The van der Waals surface area contributed by atoms with Crippen LogP contribution in [0.15, 0.2) is 41.1 Å². The maximum atomic E-state index is 5.65. The fourth-order valence-electron chi connectivity index (χ4n) is 5.10. The lowest BCUT2D eigenvalue weighted by atomic mass is 9.96. The van der Waals surface area contributed by atoms with Crippen LogP contribution in [0.5, 0.6) is 5.75 Å². The van der Waals surface area contributed by atoms with E-state index < -0.39 is 0 Å². The van der Waals surface area contributed by atoms with Gasteiger partial charge >= 0.3 is 0 Å². The molecule has 3 aromatic rings. The maximum Gasteiger partial charge on any atom is 0.137 e. The van der Waals surface area contributed by atoms with Crippen LogP contribution < -0.4 is 4.74 Å².